The second kappa shape index (κ2) is 12.2. The van der Waals surface area contributed by atoms with E-state index in [9.17, 15) is 26.4 Å². The molecule has 1 atom stereocenters. The summed E-state index contributed by atoms with van der Waals surface area (Å²) in [6.07, 6.45) is -2.75. The van der Waals surface area contributed by atoms with Gasteiger partial charge in [-0.05, 0) is 30.7 Å². The molecule has 1 aromatic carbocycles. The van der Waals surface area contributed by atoms with E-state index in [-0.39, 0.29) is 63.1 Å². The van der Waals surface area contributed by atoms with E-state index in [4.69, 9.17) is 21.7 Å². The van der Waals surface area contributed by atoms with Crippen LogP contribution in [0, 0.1) is 12.3 Å². The third-order valence-electron chi connectivity index (χ3n) is 7.08. The lowest BCUT2D eigenvalue weighted by molar-refractivity contribution is -0.140. The van der Waals surface area contributed by atoms with E-state index in [1.54, 1.807) is 43.3 Å². The number of hydrogen-bond donors (Lipinski definition) is 2. The molecular formula is C25H32ClF3N6O4S. The zero-order chi connectivity index (χ0) is 29.2. The molecule has 40 heavy (non-hydrogen) atoms. The Balaban J connectivity index is 1.68. The molecule has 4 rings (SSSR count). The van der Waals surface area contributed by atoms with Crippen LogP contribution in [0.4, 0.5) is 24.5 Å². The highest BCUT2D eigenvalue weighted by Crippen LogP contribution is 2.37. The molecule has 0 saturated carbocycles. The predicted molar refractivity (Wildman–Crippen MR) is 147 cm³/mol. The van der Waals surface area contributed by atoms with Gasteiger partial charge in [-0.2, -0.15) is 30.2 Å². The molecule has 0 spiro atoms. The van der Waals surface area contributed by atoms with Crippen LogP contribution in [0.5, 0.6) is 0 Å². The Bertz CT molecular complexity index is 1390. The van der Waals surface area contributed by atoms with E-state index in [0.717, 1.165) is 6.21 Å². The van der Waals surface area contributed by atoms with Crippen LogP contribution in [0.15, 0.2) is 29.2 Å². The number of aryl methyl sites for hydroxylation is 2. The zero-order valence-corrected chi connectivity index (χ0v) is 23.7. The molecule has 2 aliphatic heterocycles. The molecule has 0 aliphatic carbocycles. The van der Waals surface area contributed by atoms with E-state index in [1.165, 1.54) is 13.2 Å². The second-order valence-corrected chi connectivity index (χ2v) is 12.2. The first-order valence-corrected chi connectivity index (χ1v) is 14.5. The average molecular weight is 605 g/mol. The molecule has 2 aliphatic rings. The summed E-state index contributed by atoms with van der Waals surface area (Å²) in [5, 5.41) is 11.3. The Labute approximate surface area is 236 Å². The second-order valence-electron chi connectivity index (χ2n) is 9.85. The highest BCUT2D eigenvalue weighted by Gasteiger charge is 2.40. The van der Waals surface area contributed by atoms with Crippen molar-refractivity contribution < 1.29 is 26.3 Å². The molecule has 2 N–H and O–H groups in total. The molecule has 1 aromatic heterocycles. The standard InChI is InChI=1S/C25H32ClF3N6O4S/c1-17-11-19(15-32(2)24(17)36)31-22-13-21(26)20(12-18(22)14-30)23-16-35(6-5-33(23)4-3-25(27,28)29)40(37,38)34-7-9-39-10-8-34/h11-15,23,30-31H,3-10,16H2,1-2H3. The minimum absolute atomic E-state index is 0.0365. The van der Waals surface area contributed by atoms with Crippen molar-refractivity contribution in [3.63, 3.8) is 0 Å². The number of halogens is 4. The van der Waals surface area contributed by atoms with Crippen molar-refractivity contribution >= 4 is 39.4 Å². The van der Waals surface area contributed by atoms with Gasteiger partial charge in [0.1, 0.15) is 0 Å². The molecule has 2 fully saturated rings. The summed E-state index contributed by atoms with van der Waals surface area (Å²) in [6, 6.07) is 4.05. The van der Waals surface area contributed by atoms with Crippen molar-refractivity contribution in [3.8, 4) is 0 Å². The monoisotopic (exact) mass is 604 g/mol. The van der Waals surface area contributed by atoms with Crippen molar-refractivity contribution in [3.05, 3.63) is 56.5 Å². The van der Waals surface area contributed by atoms with E-state index in [1.807, 2.05) is 0 Å². The maximum absolute atomic E-state index is 13.4. The van der Waals surface area contributed by atoms with Gasteiger partial charge < -0.3 is 20.0 Å². The number of morpholine rings is 1. The number of aromatic nitrogens is 1. The summed E-state index contributed by atoms with van der Waals surface area (Å²) in [4.78, 5) is 13.7. The van der Waals surface area contributed by atoms with E-state index in [0.29, 0.717) is 28.1 Å². The lowest BCUT2D eigenvalue weighted by Gasteiger charge is -2.43. The molecule has 0 radical (unpaired) electrons. The summed E-state index contributed by atoms with van der Waals surface area (Å²) in [5.74, 6) is 0. The van der Waals surface area contributed by atoms with Crippen LogP contribution in [-0.4, -0.2) is 91.4 Å². The molecule has 3 heterocycles. The van der Waals surface area contributed by atoms with Gasteiger partial charge in [0.15, 0.2) is 0 Å². The Kier molecular flexibility index (Phi) is 9.27. The number of pyridine rings is 1. The topological polar surface area (TPSA) is 111 Å². The molecular weight excluding hydrogens is 573 g/mol. The number of rotatable bonds is 8. The average Bonchev–Trinajstić information content (AvgIpc) is 2.90. The van der Waals surface area contributed by atoms with Crippen LogP contribution in [-0.2, 0) is 22.0 Å². The number of hydrogen-bond acceptors (Lipinski definition) is 7. The summed E-state index contributed by atoms with van der Waals surface area (Å²) in [7, 11) is -2.26. The fourth-order valence-corrected chi connectivity index (χ4v) is 6.84. The van der Waals surface area contributed by atoms with Crippen molar-refractivity contribution in [2.75, 3.05) is 57.8 Å². The minimum Gasteiger partial charge on any atom is -0.379 e. The molecule has 1 unspecified atom stereocenters. The molecule has 220 valence electrons. The van der Waals surface area contributed by atoms with Gasteiger partial charge in [-0.3, -0.25) is 9.69 Å². The third kappa shape index (κ3) is 6.86. The first kappa shape index (κ1) is 30.5. The van der Waals surface area contributed by atoms with Gasteiger partial charge in [-0.1, -0.05) is 11.6 Å². The van der Waals surface area contributed by atoms with E-state index >= 15 is 0 Å². The zero-order valence-electron chi connectivity index (χ0n) is 22.2. The summed E-state index contributed by atoms with van der Waals surface area (Å²) in [5.41, 5.74) is 2.21. The van der Waals surface area contributed by atoms with Crippen molar-refractivity contribution in [1.82, 2.24) is 18.1 Å². The Morgan fingerprint density at radius 2 is 1.85 bits per heavy atom. The Hall–Kier alpha value is -2.49. The summed E-state index contributed by atoms with van der Waals surface area (Å²) in [6.45, 7) is 2.31. The lowest BCUT2D eigenvalue weighted by Crippen LogP contribution is -2.56. The van der Waals surface area contributed by atoms with E-state index < -0.39 is 28.8 Å². The molecule has 10 nitrogen and oxygen atoms in total. The maximum Gasteiger partial charge on any atom is 0.390 e. The van der Waals surface area contributed by atoms with Gasteiger partial charge in [0, 0.05) is 80.6 Å². The number of nitrogens with one attached hydrogen (secondary N) is 2. The number of alkyl halides is 3. The summed E-state index contributed by atoms with van der Waals surface area (Å²) < 4.78 is 75.5. The van der Waals surface area contributed by atoms with Crippen LogP contribution in [0.1, 0.15) is 29.2 Å². The molecule has 15 heteroatoms. The number of benzene rings is 1. The molecule has 0 amide bonds. The highest BCUT2D eigenvalue weighted by atomic mass is 35.5. The molecule has 0 bridgehead atoms. The maximum atomic E-state index is 13.4. The van der Waals surface area contributed by atoms with Crippen LogP contribution < -0.4 is 10.9 Å². The first-order chi connectivity index (χ1) is 18.8. The first-order valence-electron chi connectivity index (χ1n) is 12.7. The van der Waals surface area contributed by atoms with Crippen LogP contribution in [0.25, 0.3) is 0 Å². The summed E-state index contributed by atoms with van der Waals surface area (Å²) >= 11 is 6.70. The number of ether oxygens (including phenoxy) is 1. The number of nitrogens with zero attached hydrogens (tertiary/aromatic N) is 4. The Morgan fingerprint density at radius 3 is 2.48 bits per heavy atom. The normalized spacial score (nSPS) is 20.0. The van der Waals surface area contributed by atoms with Crippen LogP contribution >= 0.6 is 11.6 Å². The van der Waals surface area contributed by atoms with Gasteiger partial charge in [-0.25, -0.2) is 0 Å². The third-order valence-corrected chi connectivity index (χ3v) is 9.41. The van der Waals surface area contributed by atoms with Crippen molar-refractivity contribution in [2.24, 2.45) is 7.05 Å². The van der Waals surface area contributed by atoms with Gasteiger partial charge in [0.2, 0.25) is 0 Å². The quantitative estimate of drug-likeness (QED) is 0.448. The molecule has 2 saturated heterocycles. The highest BCUT2D eigenvalue weighted by molar-refractivity contribution is 7.86. The molecule has 2 aromatic rings. The number of piperazine rings is 1. The Morgan fingerprint density at radius 1 is 1.15 bits per heavy atom. The number of anilines is 2. The van der Waals surface area contributed by atoms with Crippen LogP contribution in [0.3, 0.4) is 0 Å². The van der Waals surface area contributed by atoms with E-state index in [2.05, 4.69) is 5.32 Å². The van der Waals surface area contributed by atoms with Crippen molar-refractivity contribution in [2.45, 2.75) is 25.6 Å². The smallest absolute Gasteiger partial charge is 0.379 e. The van der Waals surface area contributed by atoms with Gasteiger partial charge >= 0.3 is 6.18 Å². The van der Waals surface area contributed by atoms with Gasteiger partial charge in [0.25, 0.3) is 15.8 Å². The largest absolute Gasteiger partial charge is 0.390 e. The lowest BCUT2D eigenvalue weighted by atomic mass is 9.99. The fraction of sp³-hybridized carbons (Fsp3) is 0.520. The predicted octanol–water partition coefficient (Wildman–Crippen LogP) is 3.28. The fourth-order valence-electron chi connectivity index (χ4n) is 4.97. The SMILES string of the molecule is Cc1cc(Nc2cc(Cl)c(C3CN(S(=O)(=O)N4CCOCC4)CCN3CCC(F)(F)F)cc2C=N)cn(C)c1=O. The van der Waals surface area contributed by atoms with Gasteiger partial charge in [-0.15, -0.1) is 0 Å². The minimum atomic E-state index is -4.38. The van der Waals surface area contributed by atoms with Gasteiger partial charge in [0.05, 0.1) is 31.4 Å². The van der Waals surface area contributed by atoms with Crippen LogP contribution in [0.2, 0.25) is 5.02 Å². The van der Waals surface area contributed by atoms with Crippen molar-refractivity contribution in [1.29, 1.82) is 5.41 Å².